The number of hydrogen-bond acceptors (Lipinski definition) is 6. The number of likely N-dealkylation sites (tertiary alicyclic amines) is 1. The van der Waals surface area contributed by atoms with Crippen molar-refractivity contribution in [1.29, 1.82) is 0 Å². The molecule has 0 saturated carbocycles. The Morgan fingerprint density at radius 2 is 2.18 bits per heavy atom. The summed E-state index contributed by atoms with van der Waals surface area (Å²) < 4.78 is 0. The molecule has 1 atom stereocenters. The molecule has 1 fully saturated rings. The summed E-state index contributed by atoms with van der Waals surface area (Å²) in [6.45, 7) is 1.53. The monoisotopic (exact) mass is 421 g/mol. The van der Waals surface area contributed by atoms with Crippen molar-refractivity contribution in [3.63, 3.8) is 0 Å². The summed E-state index contributed by atoms with van der Waals surface area (Å²) in [6.07, 6.45) is 1.70. The summed E-state index contributed by atoms with van der Waals surface area (Å²) in [7, 11) is 1.57. The van der Waals surface area contributed by atoms with Crippen molar-refractivity contribution in [2.24, 2.45) is 5.92 Å². The smallest absolute Gasteiger partial charge is 0.317 e. The molecule has 1 unspecified atom stereocenters. The van der Waals surface area contributed by atoms with Gasteiger partial charge in [-0.05, 0) is 24.3 Å². The first kappa shape index (κ1) is 20.3. The minimum atomic E-state index is -0.271. The number of hydrogen-bond donors (Lipinski definition) is 3. The van der Waals surface area contributed by atoms with Gasteiger partial charge in [-0.2, -0.15) is 0 Å². The fraction of sp³-hybridized carbons (Fsp3) is 0.444. The van der Waals surface area contributed by atoms with Crippen LogP contribution in [-0.4, -0.2) is 47.9 Å². The van der Waals surface area contributed by atoms with Crippen molar-refractivity contribution in [2.75, 3.05) is 25.5 Å². The highest BCUT2D eigenvalue weighted by atomic mass is 32.1. The number of piperidine rings is 1. The third-order valence-corrected chi connectivity index (χ3v) is 6.16. The van der Waals surface area contributed by atoms with Crippen LogP contribution < -0.4 is 16.0 Å². The van der Waals surface area contributed by atoms with Gasteiger partial charge in [-0.15, -0.1) is 22.7 Å². The molecule has 8 nitrogen and oxygen atoms in total. The molecule has 3 rings (SSSR count). The van der Waals surface area contributed by atoms with Crippen molar-refractivity contribution in [2.45, 2.75) is 25.8 Å². The van der Waals surface area contributed by atoms with Gasteiger partial charge in [-0.25, -0.2) is 9.78 Å². The molecular weight excluding hydrogens is 398 g/mol. The predicted octanol–water partition coefficient (Wildman–Crippen LogP) is 2.05. The van der Waals surface area contributed by atoms with Gasteiger partial charge in [0.2, 0.25) is 11.8 Å². The lowest BCUT2D eigenvalue weighted by Crippen LogP contribution is -2.47. The van der Waals surface area contributed by atoms with E-state index in [1.807, 2.05) is 17.5 Å². The zero-order valence-electron chi connectivity index (χ0n) is 15.6. The number of likely N-dealkylation sites (N-methyl/N-ethyl adjacent to an activating group) is 1. The number of carbonyl (C=O) groups excluding carboxylic acids is 3. The third kappa shape index (κ3) is 5.52. The van der Waals surface area contributed by atoms with E-state index in [-0.39, 0.29) is 30.2 Å². The Morgan fingerprint density at radius 1 is 1.32 bits per heavy atom. The maximum Gasteiger partial charge on any atom is 0.317 e. The first-order chi connectivity index (χ1) is 13.5. The summed E-state index contributed by atoms with van der Waals surface area (Å²) in [5.74, 6) is -0.538. The maximum absolute atomic E-state index is 12.6. The second kappa shape index (κ2) is 9.65. The van der Waals surface area contributed by atoms with E-state index in [0.717, 1.165) is 17.7 Å². The van der Waals surface area contributed by atoms with Gasteiger partial charge in [0.05, 0.1) is 24.6 Å². The molecule has 0 radical (unpaired) electrons. The topological polar surface area (TPSA) is 103 Å². The lowest BCUT2D eigenvalue weighted by Gasteiger charge is -2.31. The second-order valence-electron chi connectivity index (χ2n) is 6.51. The van der Waals surface area contributed by atoms with Gasteiger partial charge in [0.25, 0.3) is 0 Å². The highest BCUT2D eigenvalue weighted by Gasteiger charge is 2.29. The van der Waals surface area contributed by atoms with Gasteiger partial charge < -0.3 is 20.9 Å². The highest BCUT2D eigenvalue weighted by molar-refractivity contribution is 7.14. The Labute approximate surface area is 171 Å². The summed E-state index contributed by atoms with van der Waals surface area (Å²) in [5.41, 5.74) is 0.623. The Balaban J connectivity index is 1.49. The largest absolute Gasteiger partial charge is 0.359 e. The first-order valence-corrected chi connectivity index (χ1v) is 10.8. The molecule has 28 heavy (non-hydrogen) atoms. The fourth-order valence-corrected chi connectivity index (χ4v) is 4.33. The quantitative estimate of drug-likeness (QED) is 0.664. The zero-order chi connectivity index (χ0) is 19.9. The number of carbonyl (C=O) groups is 3. The van der Waals surface area contributed by atoms with E-state index in [0.29, 0.717) is 30.5 Å². The highest BCUT2D eigenvalue weighted by Crippen LogP contribution is 2.21. The molecular formula is C18H23N5O3S2. The Kier molecular flexibility index (Phi) is 6.99. The van der Waals surface area contributed by atoms with Crippen molar-refractivity contribution < 1.29 is 14.4 Å². The molecule has 3 heterocycles. The number of thiazole rings is 1. The minimum Gasteiger partial charge on any atom is -0.359 e. The van der Waals surface area contributed by atoms with Crippen LogP contribution in [0.15, 0.2) is 22.9 Å². The summed E-state index contributed by atoms with van der Waals surface area (Å²) in [5, 5.41) is 12.5. The number of amides is 4. The molecule has 3 N–H and O–H groups in total. The van der Waals surface area contributed by atoms with E-state index in [1.54, 1.807) is 28.7 Å². The normalized spacial score (nSPS) is 16.5. The molecule has 0 spiro atoms. The van der Waals surface area contributed by atoms with Gasteiger partial charge in [-0.1, -0.05) is 6.07 Å². The molecule has 1 aliphatic rings. The van der Waals surface area contributed by atoms with E-state index in [9.17, 15) is 14.4 Å². The number of thiophene rings is 1. The summed E-state index contributed by atoms with van der Waals surface area (Å²) in [6, 6.07) is 3.78. The van der Waals surface area contributed by atoms with E-state index in [2.05, 4.69) is 20.9 Å². The van der Waals surface area contributed by atoms with Crippen molar-refractivity contribution in [3.05, 3.63) is 33.5 Å². The number of nitrogens with zero attached hydrogens (tertiary/aromatic N) is 2. The lowest BCUT2D eigenvalue weighted by molar-refractivity contribution is -0.121. The lowest BCUT2D eigenvalue weighted by atomic mass is 9.97. The van der Waals surface area contributed by atoms with Crippen LogP contribution in [0.1, 0.15) is 23.4 Å². The summed E-state index contributed by atoms with van der Waals surface area (Å²) >= 11 is 2.89. The number of anilines is 1. The van der Waals surface area contributed by atoms with E-state index in [4.69, 9.17) is 0 Å². The van der Waals surface area contributed by atoms with E-state index >= 15 is 0 Å². The predicted molar refractivity (Wildman–Crippen MR) is 109 cm³/mol. The molecule has 0 aliphatic carbocycles. The van der Waals surface area contributed by atoms with Crippen LogP contribution in [0.2, 0.25) is 0 Å². The van der Waals surface area contributed by atoms with Crippen LogP contribution in [-0.2, 0) is 22.6 Å². The van der Waals surface area contributed by atoms with Gasteiger partial charge in [0, 0.05) is 30.4 Å². The van der Waals surface area contributed by atoms with Crippen LogP contribution >= 0.6 is 22.7 Å². The molecule has 0 aromatic carbocycles. The van der Waals surface area contributed by atoms with Crippen LogP contribution in [0, 0.1) is 5.92 Å². The van der Waals surface area contributed by atoms with Gasteiger partial charge >= 0.3 is 6.03 Å². The number of aromatic nitrogens is 1. The first-order valence-electron chi connectivity index (χ1n) is 9.06. The Hall–Kier alpha value is -2.46. The Bertz CT molecular complexity index is 821. The number of urea groups is 1. The Morgan fingerprint density at radius 3 is 2.93 bits per heavy atom. The molecule has 0 bridgehead atoms. The average molecular weight is 422 g/mol. The van der Waals surface area contributed by atoms with Crippen LogP contribution in [0.25, 0.3) is 0 Å². The van der Waals surface area contributed by atoms with E-state index in [1.165, 1.54) is 11.3 Å². The summed E-state index contributed by atoms with van der Waals surface area (Å²) in [4.78, 5) is 43.5. The molecule has 10 heteroatoms. The van der Waals surface area contributed by atoms with Crippen molar-refractivity contribution in [1.82, 2.24) is 20.5 Å². The van der Waals surface area contributed by atoms with Crippen LogP contribution in [0.3, 0.4) is 0 Å². The molecule has 1 saturated heterocycles. The fourth-order valence-electron chi connectivity index (χ4n) is 2.97. The maximum atomic E-state index is 12.6. The average Bonchev–Trinajstić information content (AvgIpc) is 3.38. The minimum absolute atomic E-state index is 0.125. The molecule has 2 aromatic heterocycles. The van der Waals surface area contributed by atoms with Gasteiger partial charge in [0.1, 0.15) is 0 Å². The van der Waals surface area contributed by atoms with Gasteiger partial charge in [-0.3, -0.25) is 9.59 Å². The SMILES string of the molecule is CNC(=O)Cc1csc(NC(=O)C2CCCN(C(=O)NCc3cccs3)C2)n1. The number of nitrogens with one attached hydrogen (secondary N) is 3. The molecule has 4 amide bonds. The van der Waals surface area contributed by atoms with Crippen LogP contribution in [0.5, 0.6) is 0 Å². The van der Waals surface area contributed by atoms with Crippen LogP contribution in [0.4, 0.5) is 9.93 Å². The van der Waals surface area contributed by atoms with Crippen molar-refractivity contribution in [3.8, 4) is 0 Å². The number of rotatable bonds is 6. The van der Waals surface area contributed by atoms with Crippen molar-refractivity contribution >= 4 is 45.7 Å². The molecule has 2 aromatic rings. The zero-order valence-corrected chi connectivity index (χ0v) is 17.2. The molecule has 1 aliphatic heterocycles. The second-order valence-corrected chi connectivity index (χ2v) is 8.40. The molecule has 150 valence electrons. The third-order valence-electron chi connectivity index (χ3n) is 4.48. The standard InChI is InChI=1S/C18H23N5O3S2/c1-19-15(24)8-13-11-28-17(21-13)22-16(25)12-4-2-6-23(10-12)18(26)20-9-14-5-3-7-27-14/h3,5,7,11-12H,2,4,6,8-10H2,1H3,(H,19,24)(H,20,26)(H,21,22,25). The van der Waals surface area contributed by atoms with Gasteiger partial charge in [0.15, 0.2) is 5.13 Å². The van der Waals surface area contributed by atoms with E-state index < -0.39 is 0 Å².